The topological polar surface area (TPSA) is 67.8 Å². The first-order chi connectivity index (χ1) is 14.4. The lowest BCUT2D eigenvalue weighted by Gasteiger charge is -2.12. The number of thiazole rings is 1. The molecule has 0 N–H and O–H groups in total. The summed E-state index contributed by atoms with van der Waals surface area (Å²) in [6.07, 6.45) is 1.65. The molecule has 0 bridgehead atoms. The van der Waals surface area contributed by atoms with Gasteiger partial charge in [0.15, 0.2) is 4.80 Å². The zero-order valence-electron chi connectivity index (χ0n) is 16.6. The van der Waals surface area contributed by atoms with Gasteiger partial charge < -0.3 is 8.98 Å². The minimum absolute atomic E-state index is 0.262. The molecule has 0 spiro atoms. The molecule has 2 heterocycles. The van der Waals surface area contributed by atoms with Crippen LogP contribution in [0.1, 0.15) is 5.76 Å². The molecule has 154 valence electrons. The Bertz CT molecular complexity index is 1290. The summed E-state index contributed by atoms with van der Waals surface area (Å²) in [6.45, 7) is 0.523. The van der Waals surface area contributed by atoms with Crippen molar-refractivity contribution in [1.29, 1.82) is 0 Å². The summed E-state index contributed by atoms with van der Waals surface area (Å²) in [5.41, 5.74) is 2.72. The van der Waals surface area contributed by atoms with Crippen molar-refractivity contribution >= 4 is 27.0 Å². The summed E-state index contributed by atoms with van der Waals surface area (Å²) < 4.78 is 33.6. The molecule has 0 aliphatic heterocycles. The van der Waals surface area contributed by atoms with Gasteiger partial charge in [0, 0.05) is 19.5 Å². The smallest absolute Gasteiger partial charge is 0.242 e. The highest BCUT2D eigenvalue weighted by Crippen LogP contribution is 2.24. The van der Waals surface area contributed by atoms with Gasteiger partial charge in [-0.1, -0.05) is 30.3 Å². The summed E-state index contributed by atoms with van der Waals surface area (Å²) >= 11 is 1.53. The first-order valence-corrected chi connectivity index (χ1v) is 11.6. The van der Waals surface area contributed by atoms with E-state index in [0.29, 0.717) is 6.54 Å². The number of nitrogens with zero attached hydrogens (tertiary/aromatic N) is 3. The zero-order chi connectivity index (χ0) is 21.1. The summed E-state index contributed by atoms with van der Waals surface area (Å²) in [7, 11) is -0.418. The molecule has 0 amide bonds. The highest BCUT2D eigenvalue weighted by atomic mass is 32.2. The average molecular weight is 440 g/mol. The van der Waals surface area contributed by atoms with E-state index in [1.54, 1.807) is 18.4 Å². The van der Waals surface area contributed by atoms with Gasteiger partial charge in [-0.3, -0.25) is 0 Å². The lowest BCUT2D eigenvalue weighted by atomic mass is 10.2. The fraction of sp³-hybridized carbons (Fsp3) is 0.136. The van der Waals surface area contributed by atoms with Gasteiger partial charge in [0.1, 0.15) is 5.76 Å². The Morgan fingerprint density at radius 1 is 1.00 bits per heavy atom. The second kappa shape index (κ2) is 8.43. The minimum Gasteiger partial charge on any atom is -0.467 e. The summed E-state index contributed by atoms with van der Waals surface area (Å²) in [6, 6.07) is 20.5. The maximum Gasteiger partial charge on any atom is 0.242 e. The van der Waals surface area contributed by atoms with Crippen molar-refractivity contribution in [1.82, 2.24) is 8.87 Å². The SMILES string of the molecule is CN(C)S(=O)(=O)c1ccc(-c2csc(=Nc3ccccc3)n2Cc2ccco2)cc1. The van der Waals surface area contributed by atoms with Crippen LogP contribution in [0, 0.1) is 0 Å². The number of rotatable bonds is 6. The Kier molecular flexibility index (Phi) is 5.72. The molecule has 2 aromatic heterocycles. The number of benzene rings is 2. The molecule has 0 fully saturated rings. The van der Waals surface area contributed by atoms with E-state index in [0.717, 1.165) is 27.5 Å². The van der Waals surface area contributed by atoms with E-state index in [9.17, 15) is 8.42 Å². The van der Waals surface area contributed by atoms with Crippen LogP contribution in [-0.4, -0.2) is 31.4 Å². The van der Waals surface area contributed by atoms with E-state index in [4.69, 9.17) is 9.41 Å². The van der Waals surface area contributed by atoms with Gasteiger partial charge >= 0.3 is 0 Å². The van der Waals surface area contributed by atoms with Crippen LogP contribution in [0.4, 0.5) is 5.69 Å². The predicted octanol–water partition coefficient (Wildman–Crippen LogP) is 4.34. The van der Waals surface area contributed by atoms with Crippen molar-refractivity contribution in [2.24, 2.45) is 4.99 Å². The summed E-state index contributed by atoms with van der Waals surface area (Å²) in [4.78, 5) is 5.88. The molecular formula is C22H21N3O3S2. The number of sulfonamides is 1. The van der Waals surface area contributed by atoms with Crippen LogP contribution < -0.4 is 4.80 Å². The van der Waals surface area contributed by atoms with E-state index >= 15 is 0 Å². The zero-order valence-corrected chi connectivity index (χ0v) is 18.2. The van der Waals surface area contributed by atoms with E-state index < -0.39 is 10.0 Å². The van der Waals surface area contributed by atoms with Gasteiger partial charge in [-0.15, -0.1) is 11.3 Å². The quantitative estimate of drug-likeness (QED) is 0.449. The molecule has 0 unspecified atom stereocenters. The second-order valence-electron chi connectivity index (χ2n) is 6.83. The monoisotopic (exact) mass is 439 g/mol. The van der Waals surface area contributed by atoms with Crippen LogP contribution in [-0.2, 0) is 16.6 Å². The number of hydrogen-bond acceptors (Lipinski definition) is 5. The van der Waals surface area contributed by atoms with E-state index in [2.05, 4.69) is 4.57 Å². The third-order valence-electron chi connectivity index (χ3n) is 4.60. The summed E-state index contributed by atoms with van der Waals surface area (Å²) in [5, 5.41) is 2.03. The molecule has 0 saturated heterocycles. The maximum atomic E-state index is 12.4. The third-order valence-corrected chi connectivity index (χ3v) is 7.29. The van der Waals surface area contributed by atoms with Crippen molar-refractivity contribution in [3.8, 4) is 11.3 Å². The Morgan fingerprint density at radius 2 is 1.73 bits per heavy atom. The van der Waals surface area contributed by atoms with Gasteiger partial charge in [0.2, 0.25) is 10.0 Å². The van der Waals surface area contributed by atoms with Crippen molar-refractivity contribution < 1.29 is 12.8 Å². The number of aromatic nitrogens is 1. The molecule has 0 radical (unpaired) electrons. The lowest BCUT2D eigenvalue weighted by molar-refractivity contribution is 0.492. The van der Waals surface area contributed by atoms with Gasteiger partial charge in [0.25, 0.3) is 0 Å². The van der Waals surface area contributed by atoms with Crippen LogP contribution in [0.2, 0.25) is 0 Å². The molecular weight excluding hydrogens is 418 g/mol. The fourth-order valence-corrected chi connectivity index (χ4v) is 4.81. The van der Waals surface area contributed by atoms with Crippen LogP contribution in [0.3, 0.4) is 0 Å². The molecule has 8 heteroatoms. The minimum atomic E-state index is -3.47. The van der Waals surface area contributed by atoms with Crippen molar-refractivity contribution in [3.63, 3.8) is 0 Å². The average Bonchev–Trinajstić information content (AvgIpc) is 3.40. The van der Waals surface area contributed by atoms with E-state index in [1.165, 1.54) is 29.7 Å². The standard InChI is InChI=1S/C22H21N3O3S2/c1-24(2)30(26,27)20-12-10-17(11-13-20)21-16-29-22(23-18-7-4-3-5-8-18)25(21)15-19-9-6-14-28-19/h3-14,16H,15H2,1-2H3. The molecule has 0 aliphatic carbocycles. The molecule has 0 atom stereocenters. The molecule has 6 nitrogen and oxygen atoms in total. The normalized spacial score (nSPS) is 12.6. The van der Waals surface area contributed by atoms with Crippen LogP contribution >= 0.6 is 11.3 Å². The van der Waals surface area contributed by atoms with Crippen LogP contribution in [0.5, 0.6) is 0 Å². The molecule has 30 heavy (non-hydrogen) atoms. The number of para-hydroxylation sites is 1. The van der Waals surface area contributed by atoms with Gasteiger partial charge in [-0.25, -0.2) is 17.7 Å². The first-order valence-electron chi connectivity index (χ1n) is 9.28. The largest absolute Gasteiger partial charge is 0.467 e. The van der Waals surface area contributed by atoms with Crippen molar-refractivity contribution in [3.05, 3.63) is 88.9 Å². The maximum absolute atomic E-state index is 12.4. The van der Waals surface area contributed by atoms with Gasteiger partial charge in [0.05, 0.1) is 29.1 Å². The van der Waals surface area contributed by atoms with Crippen molar-refractivity contribution in [2.45, 2.75) is 11.4 Å². The van der Waals surface area contributed by atoms with E-state index in [1.807, 2.05) is 60.0 Å². The third kappa shape index (κ3) is 4.16. The van der Waals surface area contributed by atoms with E-state index in [-0.39, 0.29) is 4.90 Å². The highest BCUT2D eigenvalue weighted by molar-refractivity contribution is 7.89. The van der Waals surface area contributed by atoms with Crippen LogP contribution in [0.25, 0.3) is 11.3 Å². The fourth-order valence-electron chi connectivity index (χ4n) is 2.98. The van der Waals surface area contributed by atoms with Gasteiger partial charge in [-0.05, 0) is 42.0 Å². The number of hydrogen-bond donors (Lipinski definition) is 0. The Morgan fingerprint density at radius 3 is 2.37 bits per heavy atom. The predicted molar refractivity (Wildman–Crippen MR) is 118 cm³/mol. The molecule has 0 saturated carbocycles. The molecule has 4 aromatic rings. The highest BCUT2D eigenvalue weighted by Gasteiger charge is 2.17. The summed E-state index contributed by atoms with van der Waals surface area (Å²) in [5.74, 6) is 0.816. The molecule has 4 rings (SSSR count). The molecule has 2 aromatic carbocycles. The van der Waals surface area contributed by atoms with Gasteiger partial charge in [-0.2, -0.15) is 0 Å². The van der Waals surface area contributed by atoms with Crippen molar-refractivity contribution in [2.75, 3.05) is 14.1 Å². The second-order valence-corrected chi connectivity index (χ2v) is 9.82. The Hall–Kier alpha value is -2.94. The first kappa shape index (κ1) is 20.3. The van der Waals surface area contributed by atoms with Crippen LogP contribution in [0.15, 0.2) is 92.7 Å². The Labute approximate surface area is 179 Å². The number of furan rings is 1. The Balaban J connectivity index is 1.79. The molecule has 0 aliphatic rings. The lowest BCUT2D eigenvalue weighted by Crippen LogP contribution is -2.22.